The van der Waals surface area contributed by atoms with Crippen molar-refractivity contribution in [3.63, 3.8) is 0 Å². The molecule has 0 aromatic rings. The SMILES string of the molecule is CC1CC[N+](=C(S)S)CC1. The molecule has 1 rings (SSSR count). The number of thiol groups is 2. The van der Waals surface area contributed by atoms with Gasteiger partial charge in [-0.2, -0.15) is 0 Å². The first-order chi connectivity index (χ1) is 4.70. The molecule has 1 heterocycles. The van der Waals surface area contributed by atoms with E-state index < -0.39 is 0 Å². The zero-order valence-electron chi connectivity index (χ0n) is 6.25. The van der Waals surface area contributed by atoms with E-state index in [0.29, 0.717) is 0 Å². The summed E-state index contributed by atoms with van der Waals surface area (Å²) >= 11 is 8.35. The zero-order valence-corrected chi connectivity index (χ0v) is 8.04. The van der Waals surface area contributed by atoms with Gasteiger partial charge < -0.3 is 0 Å². The average Bonchev–Trinajstić information content (AvgIpc) is 1.88. The maximum absolute atomic E-state index is 4.18. The zero-order chi connectivity index (χ0) is 7.56. The third-order valence-electron chi connectivity index (χ3n) is 2.07. The molecule has 0 spiro atoms. The molecule has 0 aromatic carbocycles. The second-order valence-corrected chi connectivity index (χ2v) is 4.17. The fourth-order valence-electron chi connectivity index (χ4n) is 1.21. The van der Waals surface area contributed by atoms with Gasteiger partial charge in [0.15, 0.2) is 0 Å². The lowest BCUT2D eigenvalue weighted by Crippen LogP contribution is -2.26. The minimum absolute atomic E-state index is 0.868. The van der Waals surface area contributed by atoms with Crippen LogP contribution in [0, 0.1) is 5.92 Å². The Bertz CT molecular complexity index is 140. The molecular weight excluding hydrogens is 162 g/mol. The van der Waals surface area contributed by atoms with Crippen molar-refractivity contribution < 1.29 is 4.58 Å². The summed E-state index contributed by atoms with van der Waals surface area (Å²) in [7, 11) is 0. The third-order valence-corrected chi connectivity index (χ3v) is 2.63. The van der Waals surface area contributed by atoms with E-state index in [1.165, 1.54) is 12.8 Å². The Hall–Kier alpha value is 0.370. The van der Waals surface area contributed by atoms with E-state index in [9.17, 15) is 0 Å². The van der Waals surface area contributed by atoms with Gasteiger partial charge in [0.25, 0.3) is 4.38 Å². The first-order valence-electron chi connectivity index (χ1n) is 3.70. The lowest BCUT2D eigenvalue weighted by atomic mass is 10.0. The summed E-state index contributed by atoms with van der Waals surface area (Å²) in [6.07, 6.45) is 2.56. The van der Waals surface area contributed by atoms with Crippen molar-refractivity contribution in [3.8, 4) is 0 Å². The molecule has 0 bridgehead atoms. The second kappa shape index (κ2) is 3.67. The molecule has 0 N–H and O–H groups in total. The van der Waals surface area contributed by atoms with E-state index in [-0.39, 0.29) is 0 Å². The number of hydrogen-bond acceptors (Lipinski definition) is 0. The summed E-state index contributed by atoms with van der Waals surface area (Å²) < 4.78 is 3.08. The molecule has 1 fully saturated rings. The minimum atomic E-state index is 0.868. The Kier molecular flexibility index (Phi) is 3.11. The topological polar surface area (TPSA) is 3.01 Å². The Labute approximate surface area is 73.3 Å². The van der Waals surface area contributed by atoms with E-state index in [2.05, 4.69) is 36.8 Å². The standard InChI is InChI=1S/C7H13NS2/c1-6-2-4-8(5-3-6)7(9)10/h6H,2-5H2,1H3,(H,9,10)/p+1. The molecule has 0 saturated carbocycles. The highest BCUT2D eigenvalue weighted by molar-refractivity contribution is 8.23. The number of hydrogen-bond donors (Lipinski definition) is 2. The second-order valence-electron chi connectivity index (χ2n) is 2.97. The van der Waals surface area contributed by atoms with Crippen LogP contribution in [0.25, 0.3) is 0 Å². The lowest BCUT2D eigenvalue weighted by molar-refractivity contribution is -0.535. The number of piperidine rings is 1. The van der Waals surface area contributed by atoms with Crippen LogP contribution in [0.2, 0.25) is 0 Å². The highest BCUT2D eigenvalue weighted by atomic mass is 32.2. The number of nitrogens with zero attached hydrogens (tertiary/aromatic N) is 1. The van der Waals surface area contributed by atoms with E-state index in [0.717, 1.165) is 23.4 Å². The average molecular weight is 176 g/mol. The smallest absolute Gasteiger partial charge is 0.219 e. The Morgan fingerprint density at radius 2 is 1.80 bits per heavy atom. The molecule has 1 nitrogen and oxygen atoms in total. The van der Waals surface area contributed by atoms with Crippen molar-refractivity contribution in [3.05, 3.63) is 0 Å². The summed E-state index contributed by atoms with van der Waals surface area (Å²) in [5.74, 6) is 0.886. The van der Waals surface area contributed by atoms with Crippen LogP contribution in [0.1, 0.15) is 19.8 Å². The predicted octanol–water partition coefficient (Wildman–Crippen LogP) is 1.64. The van der Waals surface area contributed by atoms with Gasteiger partial charge in [-0.1, -0.05) is 32.2 Å². The molecule has 10 heavy (non-hydrogen) atoms. The van der Waals surface area contributed by atoms with E-state index in [1.54, 1.807) is 0 Å². The van der Waals surface area contributed by atoms with Gasteiger partial charge in [-0.15, -0.1) is 0 Å². The van der Waals surface area contributed by atoms with Gasteiger partial charge in [0.1, 0.15) is 13.1 Å². The highest BCUT2D eigenvalue weighted by Gasteiger charge is 2.18. The Balaban J connectivity index is 2.48. The quantitative estimate of drug-likeness (QED) is 0.314. The van der Waals surface area contributed by atoms with Gasteiger partial charge in [0.05, 0.1) is 0 Å². The van der Waals surface area contributed by atoms with E-state index in [1.807, 2.05) is 0 Å². The molecule has 0 radical (unpaired) electrons. The van der Waals surface area contributed by atoms with Gasteiger partial charge in [-0.05, 0) is 5.92 Å². The molecule has 3 heteroatoms. The van der Waals surface area contributed by atoms with Crippen LogP contribution in [0.5, 0.6) is 0 Å². The highest BCUT2D eigenvalue weighted by Crippen LogP contribution is 2.13. The maximum atomic E-state index is 4.18. The van der Waals surface area contributed by atoms with Gasteiger partial charge in [-0.3, -0.25) is 0 Å². The molecule has 0 unspecified atom stereocenters. The normalized spacial score (nSPS) is 26.7. The molecule has 0 amide bonds. The molecular formula is C7H14NS2+. The van der Waals surface area contributed by atoms with Crippen LogP contribution in [-0.4, -0.2) is 22.0 Å². The largest absolute Gasteiger partial charge is 0.263 e. The van der Waals surface area contributed by atoms with E-state index in [4.69, 9.17) is 0 Å². The van der Waals surface area contributed by atoms with Gasteiger partial charge in [0, 0.05) is 12.8 Å². The monoisotopic (exact) mass is 176 g/mol. The molecule has 0 aromatic heterocycles. The summed E-state index contributed by atoms with van der Waals surface area (Å²) in [6.45, 7) is 4.56. The van der Waals surface area contributed by atoms with Crippen molar-refractivity contribution >= 4 is 29.6 Å². The van der Waals surface area contributed by atoms with Crippen LogP contribution in [-0.2, 0) is 0 Å². The molecule has 0 aliphatic carbocycles. The summed E-state index contributed by atoms with van der Waals surface area (Å²) in [6, 6.07) is 0. The molecule has 1 saturated heterocycles. The number of rotatable bonds is 0. The molecule has 58 valence electrons. The van der Waals surface area contributed by atoms with Crippen molar-refractivity contribution in [2.24, 2.45) is 5.92 Å². The summed E-state index contributed by atoms with van der Waals surface area (Å²) in [5.41, 5.74) is 0. The van der Waals surface area contributed by atoms with Gasteiger partial charge >= 0.3 is 0 Å². The summed E-state index contributed by atoms with van der Waals surface area (Å²) in [5, 5.41) is 0. The fourth-order valence-corrected chi connectivity index (χ4v) is 1.61. The van der Waals surface area contributed by atoms with Crippen LogP contribution < -0.4 is 0 Å². The van der Waals surface area contributed by atoms with Gasteiger partial charge in [0.2, 0.25) is 0 Å². The molecule has 1 aliphatic heterocycles. The van der Waals surface area contributed by atoms with Crippen molar-refractivity contribution in [2.75, 3.05) is 13.1 Å². The van der Waals surface area contributed by atoms with E-state index >= 15 is 0 Å². The van der Waals surface area contributed by atoms with Crippen molar-refractivity contribution in [1.82, 2.24) is 0 Å². The van der Waals surface area contributed by atoms with Crippen LogP contribution in [0.3, 0.4) is 0 Å². The summed E-state index contributed by atoms with van der Waals surface area (Å²) in [4.78, 5) is 0. The fraction of sp³-hybridized carbons (Fsp3) is 0.857. The first kappa shape index (κ1) is 8.47. The van der Waals surface area contributed by atoms with Crippen LogP contribution in [0.15, 0.2) is 0 Å². The third kappa shape index (κ3) is 2.20. The first-order valence-corrected chi connectivity index (χ1v) is 4.59. The maximum Gasteiger partial charge on any atom is 0.263 e. The van der Waals surface area contributed by atoms with Gasteiger partial charge in [-0.25, -0.2) is 4.58 Å². The lowest BCUT2D eigenvalue weighted by Gasteiger charge is -2.16. The predicted molar refractivity (Wildman–Crippen MR) is 51.4 cm³/mol. The molecule has 0 atom stereocenters. The van der Waals surface area contributed by atoms with Crippen LogP contribution >= 0.6 is 25.3 Å². The van der Waals surface area contributed by atoms with Crippen molar-refractivity contribution in [1.29, 1.82) is 0 Å². The van der Waals surface area contributed by atoms with Crippen molar-refractivity contribution in [2.45, 2.75) is 19.8 Å². The Morgan fingerprint density at radius 1 is 1.30 bits per heavy atom. The van der Waals surface area contributed by atoms with Crippen LogP contribution in [0.4, 0.5) is 0 Å². The Morgan fingerprint density at radius 3 is 2.20 bits per heavy atom. The molecule has 1 aliphatic rings. The minimum Gasteiger partial charge on any atom is -0.219 e.